The minimum Gasteiger partial charge on any atom is -0.394 e. The third kappa shape index (κ3) is 8.28. The first-order chi connectivity index (χ1) is 31.1. The molecule has 3 fully saturated rings. The van der Waals surface area contributed by atoms with Crippen molar-refractivity contribution in [2.75, 3.05) is 51.2 Å². The Labute approximate surface area is 363 Å². The molecule has 6 aromatic rings. The number of aliphatic hydroxyl groups excluding tert-OH is 3. The summed E-state index contributed by atoms with van der Waals surface area (Å²) in [5.41, 5.74) is 18.8. The highest BCUT2D eigenvalue weighted by Crippen LogP contribution is 2.53. The molecule has 3 aliphatic heterocycles. The van der Waals surface area contributed by atoms with E-state index in [2.05, 4.69) is 44.9 Å². The van der Waals surface area contributed by atoms with Crippen molar-refractivity contribution in [3.05, 3.63) is 38.0 Å². The van der Waals surface area contributed by atoms with Gasteiger partial charge >= 0.3 is 15.6 Å². The van der Waals surface area contributed by atoms with E-state index in [9.17, 15) is 34.2 Å². The van der Waals surface area contributed by atoms with E-state index in [1.807, 2.05) is 0 Å². The molecule has 9 heterocycles. The molecule has 0 amide bonds. The maximum Gasteiger partial charge on any atom is 0.472 e. The predicted octanol–water partition coefficient (Wildman–Crippen LogP) is -2.31. The molecule has 0 radical (unpaired) electrons. The summed E-state index contributed by atoms with van der Waals surface area (Å²) >= 11 is 0. The molecule has 3 saturated heterocycles. The van der Waals surface area contributed by atoms with E-state index in [0.717, 1.165) is 6.33 Å². The molecule has 0 aliphatic carbocycles. The van der Waals surface area contributed by atoms with E-state index in [0.29, 0.717) is 0 Å². The molecule has 0 spiro atoms. The number of ether oxygens (including phenoxy) is 5. The summed E-state index contributed by atoms with van der Waals surface area (Å²) in [6.45, 7) is -2.15. The van der Waals surface area contributed by atoms with Crippen LogP contribution < -0.4 is 17.2 Å². The van der Waals surface area contributed by atoms with Crippen LogP contribution in [0.2, 0.25) is 0 Å². The first-order valence-corrected chi connectivity index (χ1v) is 22.2. The summed E-state index contributed by atoms with van der Waals surface area (Å²) < 4.78 is 82.9. The highest BCUT2D eigenvalue weighted by molar-refractivity contribution is 7.47. The van der Waals surface area contributed by atoms with E-state index in [-0.39, 0.29) is 50.9 Å². The van der Waals surface area contributed by atoms with Gasteiger partial charge in [0.2, 0.25) is 0 Å². The van der Waals surface area contributed by atoms with Gasteiger partial charge in [-0.3, -0.25) is 31.8 Å². The second-order valence-corrected chi connectivity index (χ2v) is 17.5. The smallest absolute Gasteiger partial charge is 0.394 e. The maximum absolute atomic E-state index is 13.8. The van der Waals surface area contributed by atoms with E-state index >= 15 is 0 Å². The molecule has 11 N–H and O–H groups in total. The monoisotopic (exact) mass is 953 g/mol. The first kappa shape index (κ1) is 45.1. The number of nitrogen functional groups attached to an aromatic ring is 3. The highest BCUT2D eigenvalue weighted by atomic mass is 31.2. The van der Waals surface area contributed by atoms with Crippen molar-refractivity contribution >= 4 is 66.6 Å². The number of hydrogen-bond acceptors (Lipinski definition) is 26. The van der Waals surface area contributed by atoms with Crippen LogP contribution >= 0.6 is 15.6 Å². The standard InChI is InChI=1S/C32H41N15O16P2/c1-55-20-12(3-48)59-31(46-10-43-16-25(34)37-7-40-28(16)46)22(20)62-65(53,54)58-5-14-21(56-2)23(32(61-14)47-11-44-17-26(35)38-8-41-29(17)47)63-64(51,52)57-4-13-18(49)19(50)30(60-13)45-9-42-15-24(33)36-6-39-27(15)45/h6-14,18-23,30-32,48-50H,3-5H2,1-2H3,(H,51,52)(H,53,54)(H2,33,36,39)(H2,34,37,40)(H2,35,38,41). The third-order valence-electron chi connectivity index (χ3n) is 10.9. The predicted molar refractivity (Wildman–Crippen MR) is 213 cm³/mol. The Balaban J connectivity index is 0.934. The summed E-state index contributed by atoms with van der Waals surface area (Å²) in [4.78, 5) is 59.2. The largest absolute Gasteiger partial charge is 0.472 e. The van der Waals surface area contributed by atoms with Gasteiger partial charge in [-0.05, 0) is 0 Å². The fraction of sp³-hybridized carbons (Fsp3) is 0.531. The number of imidazole rings is 3. The van der Waals surface area contributed by atoms with Gasteiger partial charge in [-0.2, -0.15) is 0 Å². The molecule has 6 aromatic heterocycles. The Morgan fingerprint density at radius 1 is 0.569 bits per heavy atom. The van der Waals surface area contributed by atoms with Crippen molar-refractivity contribution in [1.29, 1.82) is 0 Å². The Bertz CT molecular complexity index is 2780. The molecule has 9 rings (SSSR count). The van der Waals surface area contributed by atoms with Crippen LogP contribution in [0.25, 0.3) is 33.5 Å². The summed E-state index contributed by atoms with van der Waals surface area (Å²) in [7, 11) is -7.89. The van der Waals surface area contributed by atoms with Crippen molar-refractivity contribution in [2.24, 2.45) is 0 Å². The van der Waals surface area contributed by atoms with E-state index in [1.165, 1.54) is 59.6 Å². The van der Waals surface area contributed by atoms with Gasteiger partial charge in [-0.25, -0.2) is 54.0 Å². The van der Waals surface area contributed by atoms with Gasteiger partial charge in [-0.1, -0.05) is 0 Å². The number of aromatic nitrogens is 12. The van der Waals surface area contributed by atoms with Crippen LogP contribution in [0.1, 0.15) is 18.7 Å². The fourth-order valence-electron chi connectivity index (χ4n) is 7.91. The number of aliphatic hydroxyl groups is 3. The van der Waals surface area contributed by atoms with Gasteiger partial charge < -0.3 is 66.0 Å². The lowest BCUT2D eigenvalue weighted by molar-refractivity contribution is -0.0651. The van der Waals surface area contributed by atoms with Gasteiger partial charge in [0.15, 0.2) is 53.1 Å². The Kier molecular flexibility index (Phi) is 12.2. The number of phosphoric ester groups is 2. The van der Waals surface area contributed by atoms with Crippen molar-refractivity contribution in [3.63, 3.8) is 0 Å². The van der Waals surface area contributed by atoms with Crippen LogP contribution in [-0.2, 0) is 50.9 Å². The molecule has 0 aromatic carbocycles. The number of nitrogens with two attached hydrogens (primary N) is 3. The Morgan fingerprint density at radius 2 is 0.954 bits per heavy atom. The maximum atomic E-state index is 13.8. The van der Waals surface area contributed by atoms with Gasteiger partial charge in [-0.15, -0.1) is 0 Å². The minimum atomic E-state index is -5.22. The Hall–Kier alpha value is -5.05. The summed E-state index contributed by atoms with van der Waals surface area (Å²) in [5.74, 6) is 0.0983. The summed E-state index contributed by atoms with van der Waals surface area (Å²) in [6, 6.07) is 0. The zero-order chi connectivity index (χ0) is 45.9. The van der Waals surface area contributed by atoms with Crippen LogP contribution in [0.15, 0.2) is 38.0 Å². The molecule has 350 valence electrons. The average molecular weight is 954 g/mol. The van der Waals surface area contributed by atoms with Gasteiger partial charge in [0.1, 0.15) is 90.5 Å². The lowest BCUT2D eigenvalue weighted by atomic mass is 10.1. The van der Waals surface area contributed by atoms with E-state index in [4.69, 9.17) is 59.0 Å². The lowest BCUT2D eigenvalue weighted by Crippen LogP contribution is -2.38. The van der Waals surface area contributed by atoms with Crippen molar-refractivity contribution < 1.29 is 76.0 Å². The number of rotatable bonds is 16. The zero-order valence-electron chi connectivity index (χ0n) is 33.7. The zero-order valence-corrected chi connectivity index (χ0v) is 35.5. The third-order valence-corrected chi connectivity index (χ3v) is 12.9. The molecule has 31 nitrogen and oxygen atoms in total. The quantitative estimate of drug-likeness (QED) is 0.0473. The molecule has 0 bridgehead atoms. The number of anilines is 3. The van der Waals surface area contributed by atoms with Crippen LogP contribution in [0.3, 0.4) is 0 Å². The van der Waals surface area contributed by atoms with Crippen LogP contribution in [0.5, 0.6) is 0 Å². The van der Waals surface area contributed by atoms with Crippen molar-refractivity contribution in [2.45, 2.75) is 73.6 Å². The molecule has 14 atom stereocenters. The molecule has 14 unspecified atom stereocenters. The van der Waals surface area contributed by atoms with E-state index in [1.54, 1.807) is 0 Å². The number of nitrogens with zero attached hydrogens (tertiary/aromatic N) is 12. The fourth-order valence-corrected chi connectivity index (χ4v) is 9.77. The highest BCUT2D eigenvalue weighted by Gasteiger charge is 2.54. The van der Waals surface area contributed by atoms with E-state index < -0.39 is 109 Å². The van der Waals surface area contributed by atoms with Crippen LogP contribution in [0.4, 0.5) is 17.5 Å². The Morgan fingerprint density at radius 3 is 1.38 bits per heavy atom. The van der Waals surface area contributed by atoms with Crippen molar-refractivity contribution in [3.8, 4) is 0 Å². The second-order valence-electron chi connectivity index (χ2n) is 14.7. The number of hydrogen-bond donors (Lipinski definition) is 8. The molecule has 3 aliphatic rings. The lowest BCUT2D eigenvalue weighted by Gasteiger charge is -2.27. The minimum absolute atomic E-state index is 0.0104. The first-order valence-electron chi connectivity index (χ1n) is 19.2. The molecular formula is C32H41N15O16P2. The summed E-state index contributed by atoms with van der Waals surface area (Å²) in [5, 5.41) is 31.9. The van der Waals surface area contributed by atoms with Gasteiger partial charge in [0.25, 0.3) is 0 Å². The number of fused-ring (bicyclic) bond motifs is 3. The normalized spacial score (nSPS) is 31.3. The molecular weight excluding hydrogens is 912 g/mol. The SMILES string of the molecule is COC1C(CO)OC(n2cnc3c(N)ncnc32)C1OP(=O)(O)OCC1OC(n2cnc3c(N)ncnc32)C(OP(=O)(O)OCC2OC(n3cnc4c(N)ncnc43)C(O)C2O)C1OC. The van der Waals surface area contributed by atoms with Gasteiger partial charge in [0.05, 0.1) is 38.8 Å². The molecule has 65 heavy (non-hydrogen) atoms. The van der Waals surface area contributed by atoms with Crippen molar-refractivity contribution in [1.82, 2.24) is 58.6 Å². The topological polar surface area (TPSA) is 427 Å². The average Bonchev–Trinajstić information content (AvgIpc) is 4.14. The molecule has 0 saturated carbocycles. The number of phosphoric acid groups is 2. The second kappa shape index (κ2) is 17.6. The van der Waals surface area contributed by atoms with Gasteiger partial charge in [0, 0.05) is 14.2 Å². The van der Waals surface area contributed by atoms with Crippen LogP contribution in [0, 0.1) is 0 Å². The number of methoxy groups -OCH3 is 2. The summed E-state index contributed by atoms with van der Waals surface area (Å²) in [6.07, 6.45) is -9.27. The molecule has 33 heteroatoms. The van der Waals surface area contributed by atoms with Crippen LogP contribution in [-0.4, -0.2) is 173 Å².